The molecule has 0 unspecified atom stereocenters. The Morgan fingerprint density at radius 1 is 0.679 bits per heavy atom. The van der Waals surface area contributed by atoms with Crippen LogP contribution in [0.5, 0.6) is 0 Å². The molecule has 1 atom stereocenters. The first kappa shape index (κ1) is 19.9. The third-order valence-corrected chi connectivity index (χ3v) is 5.70. The van der Waals surface area contributed by atoms with Crippen molar-refractivity contribution in [2.24, 2.45) is 0 Å². The van der Waals surface area contributed by atoms with Crippen molar-refractivity contribution in [2.45, 2.75) is 32.4 Å². The third kappa shape index (κ3) is 3.75. The van der Waals surface area contributed by atoms with Crippen LogP contribution in [-0.4, -0.2) is 20.3 Å². The molecule has 3 aromatic rings. The number of rotatable bonds is 6. The summed E-state index contributed by atoms with van der Waals surface area (Å²) in [4.78, 5) is 4.34. The van der Waals surface area contributed by atoms with Gasteiger partial charge in [0.15, 0.2) is 0 Å². The Balaban J connectivity index is 2.08. The summed E-state index contributed by atoms with van der Waals surface area (Å²) < 4.78 is 14.4. The zero-order valence-corrected chi connectivity index (χ0v) is 17.4. The Labute approximate surface area is 168 Å². The molecule has 0 amide bonds. The molecule has 0 saturated heterocycles. The molecule has 0 saturated carbocycles. The summed E-state index contributed by atoms with van der Waals surface area (Å²) in [6.07, 6.45) is -0.954. The van der Waals surface area contributed by atoms with Crippen molar-refractivity contribution in [1.82, 2.24) is 0 Å². The van der Waals surface area contributed by atoms with Crippen molar-refractivity contribution in [3.05, 3.63) is 84.4 Å². The van der Waals surface area contributed by atoms with Gasteiger partial charge in [0.05, 0.1) is 11.4 Å². The van der Waals surface area contributed by atoms with Crippen LogP contribution in [-0.2, 0) is 5.41 Å². The van der Waals surface area contributed by atoms with E-state index in [0.29, 0.717) is 0 Å². The number of anilines is 4. The van der Waals surface area contributed by atoms with Gasteiger partial charge >= 0.3 is 0 Å². The molecule has 0 bridgehead atoms. The molecule has 3 rings (SSSR count). The van der Waals surface area contributed by atoms with Crippen LogP contribution in [0, 0.1) is 0 Å². The van der Waals surface area contributed by atoms with Crippen LogP contribution < -0.4 is 9.80 Å². The minimum Gasteiger partial charge on any atom is -0.343 e. The summed E-state index contributed by atoms with van der Waals surface area (Å²) in [6.45, 7) is 5.56. The van der Waals surface area contributed by atoms with Gasteiger partial charge in [0.25, 0.3) is 0 Å². The molecular weight excluding hydrogens is 347 g/mol. The molecule has 146 valence electrons. The summed E-state index contributed by atoms with van der Waals surface area (Å²) in [5, 5.41) is 0. The molecule has 28 heavy (non-hydrogen) atoms. The van der Waals surface area contributed by atoms with Crippen LogP contribution in [0.25, 0.3) is 0 Å². The standard InChI is InChI=1S/C25H29FN2/c1-19(26)25(2,3)21-15-9-10-16-22(21)28(5)24-18-12-11-17-23(24)27(4)20-13-7-6-8-14-20/h6-19H,1-5H3/t19-/m0/s1. The number of hydrogen-bond donors (Lipinski definition) is 0. The van der Waals surface area contributed by atoms with E-state index in [1.54, 1.807) is 6.92 Å². The lowest BCUT2D eigenvalue weighted by Crippen LogP contribution is -2.30. The molecule has 0 radical (unpaired) electrons. The lowest BCUT2D eigenvalue weighted by molar-refractivity contribution is 0.237. The number of benzene rings is 3. The van der Waals surface area contributed by atoms with Crippen molar-refractivity contribution >= 4 is 22.7 Å². The van der Waals surface area contributed by atoms with Crippen LogP contribution in [0.4, 0.5) is 27.1 Å². The SMILES string of the molecule is C[C@H](F)C(C)(C)c1ccccc1N(C)c1ccccc1N(C)c1ccccc1. The molecule has 0 aliphatic carbocycles. The fraction of sp³-hybridized carbons (Fsp3) is 0.280. The van der Waals surface area contributed by atoms with E-state index >= 15 is 0 Å². The highest BCUT2D eigenvalue weighted by molar-refractivity contribution is 5.81. The van der Waals surface area contributed by atoms with Crippen LogP contribution >= 0.6 is 0 Å². The Kier molecular flexibility index (Phi) is 5.73. The zero-order chi connectivity index (χ0) is 20.3. The van der Waals surface area contributed by atoms with Crippen molar-refractivity contribution in [2.75, 3.05) is 23.9 Å². The van der Waals surface area contributed by atoms with Gasteiger partial charge in [0, 0.05) is 30.9 Å². The number of nitrogens with zero attached hydrogens (tertiary/aromatic N) is 2. The fourth-order valence-electron chi connectivity index (χ4n) is 3.48. The van der Waals surface area contributed by atoms with E-state index in [1.807, 2.05) is 62.4 Å². The summed E-state index contributed by atoms with van der Waals surface area (Å²) >= 11 is 0. The van der Waals surface area contributed by atoms with Gasteiger partial charge in [-0.2, -0.15) is 0 Å². The number of halogens is 1. The lowest BCUT2D eigenvalue weighted by Gasteiger charge is -2.34. The Hall–Kier alpha value is -2.81. The molecule has 3 heteroatoms. The maximum atomic E-state index is 14.4. The predicted octanol–water partition coefficient (Wildman–Crippen LogP) is 6.86. The van der Waals surface area contributed by atoms with E-state index in [2.05, 4.69) is 54.2 Å². The van der Waals surface area contributed by atoms with E-state index in [0.717, 1.165) is 28.3 Å². The molecule has 3 aromatic carbocycles. The van der Waals surface area contributed by atoms with Gasteiger partial charge in [-0.25, -0.2) is 4.39 Å². The van der Waals surface area contributed by atoms with Gasteiger partial charge in [-0.05, 0) is 42.8 Å². The van der Waals surface area contributed by atoms with Crippen LogP contribution in [0.1, 0.15) is 26.3 Å². The first-order chi connectivity index (χ1) is 13.3. The Morgan fingerprint density at radius 3 is 1.71 bits per heavy atom. The van der Waals surface area contributed by atoms with E-state index in [1.165, 1.54) is 0 Å². The maximum absolute atomic E-state index is 14.4. The molecule has 0 heterocycles. The number of hydrogen-bond acceptors (Lipinski definition) is 2. The summed E-state index contributed by atoms with van der Waals surface area (Å²) in [5.74, 6) is 0. The predicted molar refractivity (Wildman–Crippen MR) is 119 cm³/mol. The van der Waals surface area contributed by atoms with E-state index in [-0.39, 0.29) is 0 Å². The van der Waals surface area contributed by atoms with Gasteiger partial charge in [-0.1, -0.05) is 62.4 Å². The molecular formula is C25H29FN2. The third-order valence-electron chi connectivity index (χ3n) is 5.70. The largest absolute Gasteiger partial charge is 0.343 e. The fourth-order valence-corrected chi connectivity index (χ4v) is 3.48. The van der Waals surface area contributed by atoms with Crippen molar-refractivity contribution in [3.63, 3.8) is 0 Å². The summed E-state index contributed by atoms with van der Waals surface area (Å²) in [6, 6.07) is 26.7. The maximum Gasteiger partial charge on any atom is 0.106 e. The second-order valence-corrected chi connectivity index (χ2v) is 7.80. The quantitative estimate of drug-likeness (QED) is 0.464. The molecule has 2 nitrogen and oxygen atoms in total. The van der Waals surface area contributed by atoms with E-state index in [4.69, 9.17) is 0 Å². The normalized spacial score (nSPS) is 12.5. The molecule has 0 N–H and O–H groups in total. The molecule has 0 spiro atoms. The van der Waals surface area contributed by atoms with Gasteiger partial charge in [-0.3, -0.25) is 0 Å². The Morgan fingerprint density at radius 2 is 1.14 bits per heavy atom. The first-order valence-corrected chi connectivity index (χ1v) is 9.69. The van der Waals surface area contributed by atoms with Crippen LogP contribution in [0.15, 0.2) is 78.9 Å². The van der Waals surface area contributed by atoms with Crippen LogP contribution in [0.3, 0.4) is 0 Å². The molecule has 0 aromatic heterocycles. The molecule has 0 fully saturated rings. The Bertz CT molecular complexity index is 919. The minimum atomic E-state index is -0.954. The van der Waals surface area contributed by atoms with Gasteiger partial charge in [0.2, 0.25) is 0 Å². The minimum absolute atomic E-state index is 0.578. The second kappa shape index (κ2) is 8.05. The molecule has 0 aliphatic heterocycles. The van der Waals surface area contributed by atoms with E-state index < -0.39 is 11.6 Å². The van der Waals surface area contributed by atoms with Gasteiger partial charge < -0.3 is 9.80 Å². The highest BCUT2D eigenvalue weighted by Crippen LogP contribution is 2.41. The van der Waals surface area contributed by atoms with Gasteiger partial charge in [-0.15, -0.1) is 0 Å². The average Bonchev–Trinajstić information content (AvgIpc) is 2.73. The highest BCUT2D eigenvalue weighted by Gasteiger charge is 2.31. The van der Waals surface area contributed by atoms with Crippen molar-refractivity contribution < 1.29 is 4.39 Å². The highest BCUT2D eigenvalue weighted by atomic mass is 19.1. The average molecular weight is 377 g/mol. The second-order valence-electron chi connectivity index (χ2n) is 7.80. The summed E-state index contributed by atoms with van der Waals surface area (Å²) in [7, 11) is 4.12. The van der Waals surface area contributed by atoms with Crippen LogP contribution in [0.2, 0.25) is 0 Å². The topological polar surface area (TPSA) is 6.48 Å². The first-order valence-electron chi connectivity index (χ1n) is 9.69. The number of alkyl halides is 1. The zero-order valence-electron chi connectivity index (χ0n) is 17.4. The number of para-hydroxylation sites is 4. The van der Waals surface area contributed by atoms with E-state index in [9.17, 15) is 4.39 Å². The lowest BCUT2D eigenvalue weighted by atomic mass is 9.79. The summed E-state index contributed by atoms with van der Waals surface area (Å²) in [5.41, 5.74) is 4.73. The van der Waals surface area contributed by atoms with Crippen molar-refractivity contribution in [3.8, 4) is 0 Å². The van der Waals surface area contributed by atoms with Crippen molar-refractivity contribution in [1.29, 1.82) is 0 Å². The van der Waals surface area contributed by atoms with Gasteiger partial charge in [0.1, 0.15) is 6.17 Å². The monoisotopic (exact) mass is 376 g/mol. The molecule has 0 aliphatic rings. The smallest absolute Gasteiger partial charge is 0.106 e.